The third-order valence-electron chi connectivity index (χ3n) is 4.46. The summed E-state index contributed by atoms with van der Waals surface area (Å²) in [4.78, 5) is 41.0. The lowest BCUT2D eigenvalue weighted by Crippen LogP contribution is -2.43. The first-order valence-electron chi connectivity index (χ1n) is 9.49. The lowest BCUT2D eigenvalue weighted by Gasteiger charge is -2.14. The maximum Gasteiger partial charge on any atom is 0.339 e. The number of fused-ring (bicyclic) bond motifs is 1. The average molecular weight is 409 g/mol. The van der Waals surface area contributed by atoms with Gasteiger partial charge in [0, 0.05) is 18.7 Å². The minimum absolute atomic E-state index is 0.0298. The van der Waals surface area contributed by atoms with Crippen molar-refractivity contribution < 1.29 is 19.1 Å². The van der Waals surface area contributed by atoms with Gasteiger partial charge in [-0.2, -0.15) is 5.10 Å². The second-order valence-corrected chi connectivity index (χ2v) is 6.96. The molecule has 30 heavy (non-hydrogen) atoms. The van der Waals surface area contributed by atoms with Gasteiger partial charge in [-0.15, -0.1) is 0 Å². The molecular formula is C21H23N5O4. The molecule has 0 saturated carbocycles. The molecular weight excluding hydrogens is 386 g/mol. The highest BCUT2D eigenvalue weighted by molar-refractivity contribution is 6.05. The molecule has 0 saturated heterocycles. The van der Waals surface area contributed by atoms with E-state index in [1.807, 2.05) is 44.2 Å². The van der Waals surface area contributed by atoms with E-state index in [0.717, 1.165) is 5.56 Å². The number of esters is 1. The van der Waals surface area contributed by atoms with Crippen molar-refractivity contribution in [3.8, 4) is 11.3 Å². The van der Waals surface area contributed by atoms with Crippen LogP contribution in [0.2, 0.25) is 0 Å². The molecule has 0 aliphatic carbocycles. The van der Waals surface area contributed by atoms with Crippen molar-refractivity contribution >= 4 is 28.9 Å². The Hall–Kier alpha value is -3.75. The lowest BCUT2D eigenvalue weighted by molar-refractivity contribution is -0.127. The summed E-state index contributed by atoms with van der Waals surface area (Å²) in [5.41, 5.74) is 2.20. The standard InChI is InChI=1S/C21H23N5O4/c1-12(2)26-18-16(11-23-26)15(10-17(24-18)14-8-6-5-7-9-14)20(28)30-13(3)19(27)25-21(29)22-4/h5-13H,1-4H3,(H2,22,25,27,29)/t13-/m0/s1. The van der Waals surface area contributed by atoms with Gasteiger partial charge in [0.05, 0.1) is 22.8 Å². The Bertz CT molecular complexity index is 1090. The molecule has 0 radical (unpaired) electrons. The molecule has 0 spiro atoms. The van der Waals surface area contributed by atoms with Gasteiger partial charge in [0.15, 0.2) is 11.8 Å². The van der Waals surface area contributed by atoms with Gasteiger partial charge in [-0.1, -0.05) is 30.3 Å². The van der Waals surface area contributed by atoms with Gasteiger partial charge in [0.1, 0.15) is 0 Å². The minimum atomic E-state index is -1.17. The highest BCUT2D eigenvalue weighted by Gasteiger charge is 2.24. The van der Waals surface area contributed by atoms with Crippen LogP contribution in [0, 0.1) is 0 Å². The number of nitrogens with one attached hydrogen (secondary N) is 2. The molecule has 9 nitrogen and oxygen atoms in total. The van der Waals surface area contributed by atoms with Crippen LogP contribution in [0.3, 0.4) is 0 Å². The van der Waals surface area contributed by atoms with Crippen LogP contribution < -0.4 is 10.6 Å². The van der Waals surface area contributed by atoms with Crippen LogP contribution in [0.5, 0.6) is 0 Å². The van der Waals surface area contributed by atoms with Crippen molar-refractivity contribution in [2.45, 2.75) is 32.9 Å². The van der Waals surface area contributed by atoms with E-state index < -0.39 is 24.0 Å². The Morgan fingerprint density at radius 1 is 1.10 bits per heavy atom. The summed E-state index contributed by atoms with van der Waals surface area (Å²) >= 11 is 0. The zero-order valence-corrected chi connectivity index (χ0v) is 17.2. The molecule has 0 bridgehead atoms. The first-order chi connectivity index (χ1) is 14.3. The van der Waals surface area contributed by atoms with E-state index >= 15 is 0 Å². The highest BCUT2D eigenvalue weighted by Crippen LogP contribution is 2.27. The van der Waals surface area contributed by atoms with Crippen molar-refractivity contribution in [3.63, 3.8) is 0 Å². The molecule has 2 N–H and O–H groups in total. The first-order valence-corrected chi connectivity index (χ1v) is 9.49. The van der Waals surface area contributed by atoms with Crippen molar-refractivity contribution in [1.82, 2.24) is 25.4 Å². The number of hydrogen-bond donors (Lipinski definition) is 2. The van der Waals surface area contributed by atoms with Gasteiger partial charge in [0.2, 0.25) is 0 Å². The van der Waals surface area contributed by atoms with Gasteiger partial charge < -0.3 is 10.1 Å². The molecule has 156 valence electrons. The van der Waals surface area contributed by atoms with Gasteiger partial charge >= 0.3 is 12.0 Å². The molecule has 0 unspecified atom stereocenters. The quantitative estimate of drug-likeness (QED) is 0.626. The second kappa shape index (κ2) is 8.73. The smallest absolute Gasteiger partial charge is 0.339 e. The number of urea groups is 1. The number of pyridine rings is 1. The van der Waals surface area contributed by atoms with Gasteiger partial charge in [-0.3, -0.25) is 10.1 Å². The summed E-state index contributed by atoms with van der Waals surface area (Å²) in [5, 5.41) is 9.23. The Morgan fingerprint density at radius 3 is 2.43 bits per heavy atom. The van der Waals surface area contributed by atoms with Crippen LogP contribution in [0.15, 0.2) is 42.6 Å². The summed E-state index contributed by atoms with van der Waals surface area (Å²) in [6.45, 7) is 5.32. The molecule has 0 aliphatic heterocycles. The average Bonchev–Trinajstić information content (AvgIpc) is 3.17. The molecule has 3 rings (SSSR count). The number of hydrogen-bond acceptors (Lipinski definition) is 6. The third kappa shape index (κ3) is 4.29. The number of nitrogens with zero attached hydrogens (tertiary/aromatic N) is 3. The van der Waals surface area contributed by atoms with Crippen molar-refractivity contribution in [2.75, 3.05) is 7.05 Å². The zero-order chi connectivity index (χ0) is 21.8. The van der Waals surface area contributed by atoms with Crippen molar-refractivity contribution in [1.29, 1.82) is 0 Å². The molecule has 9 heteroatoms. The number of ether oxygens (including phenoxy) is 1. The van der Waals surface area contributed by atoms with E-state index in [-0.39, 0.29) is 11.6 Å². The highest BCUT2D eigenvalue weighted by atomic mass is 16.5. The van der Waals surface area contributed by atoms with E-state index in [1.165, 1.54) is 14.0 Å². The fraction of sp³-hybridized carbons (Fsp3) is 0.286. The summed E-state index contributed by atoms with van der Waals surface area (Å²) in [6, 6.07) is 10.4. The SMILES string of the molecule is CNC(=O)NC(=O)[C@H](C)OC(=O)c1cc(-c2ccccc2)nc2c1cnn2C(C)C. The minimum Gasteiger partial charge on any atom is -0.449 e. The van der Waals surface area contributed by atoms with Crippen LogP contribution in [0.25, 0.3) is 22.3 Å². The number of imide groups is 1. The summed E-state index contributed by atoms with van der Waals surface area (Å²) in [5.74, 6) is -1.43. The van der Waals surface area contributed by atoms with Gasteiger partial charge in [0.25, 0.3) is 5.91 Å². The molecule has 2 heterocycles. The van der Waals surface area contributed by atoms with Crippen LogP contribution in [0.1, 0.15) is 37.2 Å². The van der Waals surface area contributed by atoms with E-state index in [4.69, 9.17) is 9.72 Å². The largest absolute Gasteiger partial charge is 0.449 e. The molecule has 3 amide bonds. The number of benzene rings is 1. The number of amides is 3. The molecule has 3 aromatic rings. The molecule has 0 fully saturated rings. The summed E-state index contributed by atoms with van der Waals surface area (Å²) < 4.78 is 7.04. The van der Waals surface area contributed by atoms with E-state index in [2.05, 4.69) is 15.7 Å². The van der Waals surface area contributed by atoms with Crippen molar-refractivity contribution in [2.24, 2.45) is 0 Å². The predicted octanol–water partition coefficient (Wildman–Crippen LogP) is 2.68. The van der Waals surface area contributed by atoms with E-state index in [9.17, 15) is 14.4 Å². The number of aromatic nitrogens is 3. The fourth-order valence-corrected chi connectivity index (χ4v) is 2.88. The number of carbonyl (C=O) groups excluding carboxylic acids is 3. The van der Waals surface area contributed by atoms with Gasteiger partial charge in [-0.05, 0) is 26.8 Å². The number of carbonyl (C=O) groups is 3. The Kier molecular flexibility index (Phi) is 6.10. The normalized spacial score (nSPS) is 11.9. The first kappa shape index (κ1) is 21.0. The van der Waals surface area contributed by atoms with E-state index in [1.54, 1.807) is 16.9 Å². The zero-order valence-electron chi connectivity index (χ0n) is 17.2. The number of rotatable bonds is 5. The summed E-state index contributed by atoms with van der Waals surface area (Å²) in [6.07, 6.45) is 0.390. The monoisotopic (exact) mass is 409 g/mol. The van der Waals surface area contributed by atoms with Gasteiger partial charge in [-0.25, -0.2) is 19.3 Å². The maximum absolute atomic E-state index is 12.9. The third-order valence-corrected chi connectivity index (χ3v) is 4.46. The molecule has 0 aliphatic rings. The maximum atomic E-state index is 12.9. The molecule has 1 aromatic carbocycles. The van der Waals surface area contributed by atoms with E-state index in [0.29, 0.717) is 16.7 Å². The van der Waals surface area contributed by atoms with Crippen LogP contribution in [0.4, 0.5) is 4.79 Å². The lowest BCUT2D eigenvalue weighted by atomic mass is 10.1. The van der Waals surface area contributed by atoms with Crippen LogP contribution in [-0.2, 0) is 9.53 Å². The summed E-state index contributed by atoms with van der Waals surface area (Å²) in [7, 11) is 1.38. The Balaban J connectivity index is 2.00. The Labute approximate surface area is 173 Å². The molecule has 2 aromatic heterocycles. The predicted molar refractivity (Wildman–Crippen MR) is 111 cm³/mol. The Morgan fingerprint density at radius 2 is 1.80 bits per heavy atom. The van der Waals surface area contributed by atoms with Crippen molar-refractivity contribution in [3.05, 3.63) is 48.2 Å². The van der Waals surface area contributed by atoms with Crippen LogP contribution in [-0.4, -0.2) is 45.8 Å². The molecule has 1 atom stereocenters. The topological polar surface area (TPSA) is 115 Å². The van der Waals surface area contributed by atoms with Crippen LogP contribution >= 0.6 is 0 Å². The fourth-order valence-electron chi connectivity index (χ4n) is 2.88. The second-order valence-electron chi connectivity index (χ2n) is 6.96.